The summed E-state index contributed by atoms with van der Waals surface area (Å²) >= 11 is 0. The summed E-state index contributed by atoms with van der Waals surface area (Å²) < 4.78 is 0. The van der Waals surface area contributed by atoms with Gasteiger partial charge in [-0.15, -0.1) is 0 Å². The van der Waals surface area contributed by atoms with Crippen LogP contribution in [-0.2, 0) is 0 Å². The topological polar surface area (TPSA) is 82.0 Å². The summed E-state index contributed by atoms with van der Waals surface area (Å²) in [5.74, 6) is 0. The number of anilines is 1. The smallest absolute Gasteiger partial charge is 0.295 e. The van der Waals surface area contributed by atoms with Gasteiger partial charge in [-0.25, -0.2) is 4.98 Å². The highest BCUT2D eigenvalue weighted by Gasteiger charge is 2.13. The Bertz CT molecular complexity index is 552. The molecule has 0 aliphatic heterocycles. The maximum atomic E-state index is 10.7. The van der Waals surface area contributed by atoms with Gasteiger partial charge in [0.05, 0.1) is 16.3 Å². The van der Waals surface area contributed by atoms with Crippen molar-refractivity contribution >= 4 is 22.3 Å². The van der Waals surface area contributed by atoms with Crippen molar-refractivity contribution in [1.82, 2.24) is 4.98 Å². The average molecular weight is 203 g/mol. The molecule has 0 atom stereocenters. The molecule has 0 bridgehead atoms. The van der Waals surface area contributed by atoms with Crippen molar-refractivity contribution in [2.24, 2.45) is 0 Å². The Balaban J connectivity index is 2.86. The third-order valence-electron chi connectivity index (χ3n) is 2.25. The standard InChI is InChI=1S/C10H9N3O2/c1-6-8(11)5-7-3-2-4-9(13(14)15)10(7)12-6/h2-5H,11H2,1H3. The molecular weight excluding hydrogens is 194 g/mol. The third kappa shape index (κ3) is 1.48. The van der Waals surface area contributed by atoms with Crippen LogP contribution in [0, 0.1) is 17.0 Å². The van der Waals surface area contributed by atoms with Crippen molar-refractivity contribution in [3.63, 3.8) is 0 Å². The summed E-state index contributed by atoms with van der Waals surface area (Å²) in [5, 5.41) is 11.4. The lowest BCUT2D eigenvalue weighted by atomic mass is 10.1. The second-order valence-corrected chi connectivity index (χ2v) is 3.27. The second kappa shape index (κ2) is 3.20. The highest BCUT2D eigenvalue weighted by atomic mass is 16.6. The van der Waals surface area contributed by atoms with Crippen molar-refractivity contribution in [2.75, 3.05) is 5.73 Å². The van der Waals surface area contributed by atoms with Gasteiger partial charge in [0.25, 0.3) is 5.69 Å². The van der Waals surface area contributed by atoms with E-state index in [0.717, 1.165) is 0 Å². The van der Waals surface area contributed by atoms with Crippen LogP contribution in [0.3, 0.4) is 0 Å². The third-order valence-corrected chi connectivity index (χ3v) is 2.25. The quantitative estimate of drug-likeness (QED) is 0.567. The highest BCUT2D eigenvalue weighted by molar-refractivity contribution is 5.89. The number of nitrogens with zero attached hydrogens (tertiary/aromatic N) is 2. The summed E-state index contributed by atoms with van der Waals surface area (Å²) in [5.41, 5.74) is 7.23. The molecule has 1 heterocycles. The molecule has 0 unspecified atom stereocenters. The molecule has 0 saturated heterocycles. The van der Waals surface area contributed by atoms with E-state index >= 15 is 0 Å². The number of aromatic nitrogens is 1. The zero-order valence-corrected chi connectivity index (χ0v) is 8.10. The molecule has 2 aromatic rings. The number of benzene rings is 1. The number of nitro groups is 1. The number of non-ortho nitro benzene ring substituents is 1. The number of aryl methyl sites for hydroxylation is 1. The summed E-state index contributed by atoms with van der Waals surface area (Å²) in [6.07, 6.45) is 0. The van der Waals surface area contributed by atoms with Crippen LogP contribution in [0.15, 0.2) is 24.3 Å². The molecule has 0 spiro atoms. The SMILES string of the molecule is Cc1nc2c([N+](=O)[O-])cccc2cc1N. The maximum absolute atomic E-state index is 10.7. The van der Waals surface area contributed by atoms with Crippen LogP contribution in [0.4, 0.5) is 11.4 Å². The van der Waals surface area contributed by atoms with E-state index in [9.17, 15) is 10.1 Å². The summed E-state index contributed by atoms with van der Waals surface area (Å²) in [6, 6.07) is 6.51. The summed E-state index contributed by atoms with van der Waals surface area (Å²) in [7, 11) is 0. The molecule has 0 radical (unpaired) electrons. The van der Waals surface area contributed by atoms with Crippen LogP contribution < -0.4 is 5.73 Å². The minimum atomic E-state index is -0.440. The van der Waals surface area contributed by atoms with Crippen LogP contribution in [-0.4, -0.2) is 9.91 Å². The first kappa shape index (κ1) is 9.39. The lowest BCUT2D eigenvalue weighted by Gasteiger charge is -2.02. The van der Waals surface area contributed by atoms with E-state index in [1.807, 2.05) is 0 Å². The predicted octanol–water partition coefficient (Wildman–Crippen LogP) is 2.03. The van der Waals surface area contributed by atoms with Crippen molar-refractivity contribution < 1.29 is 4.92 Å². The van der Waals surface area contributed by atoms with Crippen LogP contribution in [0.1, 0.15) is 5.69 Å². The molecule has 76 valence electrons. The Labute approximate surface area is 85.7 Å². The first-order valence-electron chi connectivity index (χ1n) is 4.40. The number of hydrogen-bond acceptors (Lipinski definition) is 4. The molecule has 5 heteroatoms. The maximum Gasteiger partial charge on any atom is 0.295 e. The zero-order chi connectivity index (χ0) is 11.0. The van der Waals surface area contributed by atoms with Crippen molar-refractivity contribution in [2.45, 2.75) is 6.92 Å². The number of pyridine rings is 1. The van der Waals surface area contributed by atoms with Gasteiger partial charge in [0.1, 0.15) is 5.52 Å². The normalized spacial score (nSPS) is 10.5. The van der Waals surface area contributed by atoms with Crippen LogP contribution in [0.5, 0.6) is 0 Å². The van der Waals surface area contributed by atoms with Gasteiger partial charge in [-0.3, -0.25) is 10.1 Å². The molecule has 1 aromatic carbocycles. The number of nitrogen functional groups attached to an aromatic ring is 1. The van der Waals surface area contributed by atoms with E-state index < -0.39 is 4.92 Å². The monoisotopic (exact) mass is 203 g/mol. The fourth-order valence-electron chi connectivity index (χ4n) is 1.44. The van der Waals surface area contributed by atoms with E-state index in [-0.39, 0.29) is 5.69 Å². The lowest BCUT2D eigenvalue weighted by Crippen LogP contribution is -1.96. The van der Waals surface area contributed by atoms with Gasteiger partial charge >= 0.3 is 0 Å². The molecule has 5 nitrogen and oxygen atoms in total. The largest absolute Gasteiger partial charge is 0.397 e. The molecule has 0 aliphatic rings. The second-order valence-electron chi connectivity index (χ2n) is 3.27. The molecule has 0 aliphatic carbocycles. The van der Waals surface area contributed by atoms with Gasteiger partial charge < -0.3 is 5.73 Å². The van der Waals surface area contributed by atoms with Crippen molar-refractivity contribution in [3.8, 4) is 0 Å². The fourth-order valence-corrected chi connectivity index (χ4v) is 1.44. The Kier molecular flexibility index (Phi) is 2.00. The van der Waals surface area contributed by atoms with Gasteiger partial charge in [-0.1, -0.05) is 12.1 Å². The first-order chi connectivity index (χ1) is 7.09. The number of rotatable bonds is 1. The van der Waals surface area contributed by atoms with Crippen molar-refractivity contribution in [3.05, 3.63) is 40.1 Å². The predicted molar refractivity (Wildman–Crippen MR) is 57.5 cm³/mol. The van der Waals surface area contributed by atoms with Gasteiger partial charge in [-0.05, 0) is 13.0 Å². The summed E-state index contributed by atoms with van der Waals surface area (Å²) in [4.78, 5) is 14.4. The minimum absolute atomic E-state index is 0.00981. The van der Waals surface area contributed by atoms with E-state index in [1.54, 1.807) is 25.1 Å². The lowest BCUT2D eigenvalue weighted by molar-refractivity contribution is -0.383. The number of nitro benzene ring substituents is 1. The Morgan fingerprint density at radius 3 is 2.87 bits per heavy atom. The minimum Gasteiger partial charge on any atom is -0.397 e. The molecule has 2 N–H and O–H groups in total. The number of fused-ring (bicyclic) bond motifs is 1. The van der Waals surface area contributed by atoms with E-state index in [4.69, 9.17) is 5.73 Å². The van der Waals surface area contributed by atoms with Crippen molar-refractivity contribution in [1.29, 1.82) is 0 Å². The summed E-state index contributed by atoms with van der Waals surface area (Å²) in [6.45, 7) is 1.73. The molecule has 0 fully saturated rings. The molecule has 2 rings (SSSR count). The molecule has 1 aromatic heterocycles. The van der Waals surface area contributed by atoms with Gasteiger partial charge in [0.2, 0.25) is 0 Å². The number of para-hydroxylation sites is 1. The Morgan fingerprint density at radius 1 is 1.47 bits per heavy atom. The molecule has 15 heavy (non-hydrogen) atoms. The molecule has 0 saturated carbocycles. The number of hydrogen-bond donors (Lipinski definition) is 1. The number of nitrogens with two attached hydrogens (primary N) is 1. The van der Waals surface area contributed by atoms with E-state index in [0.29, 0.717) is 22.3 Å². The van der Waals surface area contributed by atoms with Crippen LogP contribution in [0.2, 0.25) is 0 Å². The Morgan fingerprint density at radius 2 is 2.20 bits per heavy atom. The molecular formula is C10H9N3O2. The van der Waals surface area contributed by atoms with Gasteiger partial charge in [0.15, 0.2) is 0 Å². The van der Waals surface area contributed by atoms with Crippen LogP contribution in [0.25, 0.3) is 10.9 Å². The van der Waals surface area contributed by atoms with Gasteiger partial charge in [-0.2, -0.15) is 0 Å². The van der Waals surface area contributed by atoms with Crippen LogP contribution >= 0.6 is 0 Å². The van der Waals surface area contributed by atoms with E-state index in [1.165, 1.54) is 6.07 Å². The average Bonchev–Trinajstić information content (AvgIpc) is 2.18. The highest BCUT2D eigenvalue weighted by Crippen LogP contribution is 2.25. The fraction of sp³-hybridized carbons (Fsp3) is 0.100. The zero-order valence-electron chi connectivity index (χ0n) is 8.10. The first-order valence-corrected chi connectivity index (χ1v) is 4.40. The van der Waals surface area contributed by atoms with Gasteiger partial charge in [0, 0.05) is 11.5 Å². The molecule has 0 amide bonds. The van der Waals surface area contributed by atoms with E-state index in [2.05, 4.69) is 4.98 Å². The Hall–Kier alpha value is -2.17.